The monoisotopic (exact) mass is 319 g/mol. The van der Waals surface area contributed by atoms with Gasteiger partial charge in [-0.3, -0.25) is 0 Å². The van der Waals surface area contributed by atoms with Crippen LogP contribution < -0.4 is 10.6 Å². The summed E-state index contributed by atoms with van der Waals surface area (Å²) in [5.41, 5.74) is 0. The quantitative estimate of drug-likeness (QED) is 0.897. The predicted octanol–water partition coefficient (Wildman–Crippen LogP) is 2.24. The van der Waals surface area contributed by atoms with Crippen LogP contribution in [0.25, 0.3) is 0 Å². The lowest BCUT2D eigenvalue weighted by molar-refractivity contribution is 0.365. The topological polar surface area (TPSA) is 37.0 Å². The Bertz CT molecular complexity index is 326. The van der Waals surface area contributed by atoms with Crippen LogP contribution in [0.15, 0.2) is 21.2 Å². The summed E-state index contributed by atoms with van der Waals surface area (Å²) < 4.78 is 1.99. The molecule has 0 spiro atoms. The molecule has 0 amide bonds. The zero-order valence-electron chi connectivity index (χ0n) is 7.56. The summed E-state index contributed by atoms with van der Waals surface area (Å²) in [7, 11) is 0. The van der Waals surface area contributed by atoms with Crippen molar-refractivity contribution in [1.82, 2.24) is 10.3 Å². The first-order chi connectivity index (χ1) is 6.75. The van der Waals surface area contributed by atoms with Crippen LogP contribution in [-0.4, -0.2) is 24.6 Å². The van der Waals surface area contributed by atoms with Crippen LogP contribution in [0.1, 0.15) is 0 Å². The van der Waals surface area contributed by atoms with Gasteiger partial charge in [0.1, 0.15) is 5.82 Å². The number of rotatable bonds is 3. The van der Waals surface area contributed by atoms with E-state index in [1.54, 1.807) is 6.20 Å². The largest absolute Gasteiger partial charge is 0.369 e. The Balaban J connectivity index is 1.94. The summed E-state index contributed by atoms with van der Waals surface area (Å²) >= 11 is 6.84. The van der Waals surface area contributed by atoms with Crippen LogP contribution in [0.4, 0.5) is 5.82 Å². The number of aromatic nitrogens is 1. The van der Waals surface area contributed by atoms with Crippen molar-refractivity contribution in [3.05, 3.63) is 21.2 Å². The van der Waals surface area contributed by atoms with Crippen molar-refractivity contribution in [3.63, 3.8) is 0 Å². The normalized spacial score (nSPS) is 16.4. The molecule has 2 N–H and O–H groups in total. The lowest BCUT2D eigenvalue weighted by Crippen LogP contribution is -2.45. The van der Waals surface area contributed by atoms with E-state index in [0.717, 1.165) is 40.3 Å². The molecule has 0 radical (unpaired) electrons. The first-order valence-electron chi connectivity index (χ1n) is 4.51. The molecular formula is C9H11Br2N3. The fourth-order valence-electron chi connectivity index (χ4n) is 1.28. The maximum atomic E-state index is 4.28. The smallest absolute Gasteiger partial charge is 0.140 e. The minimum Gasteiger partial charge on any atom is -0.369 e. The average molecular weight is 321 g/mol. The Morgan fingerprint density at radius 2 is 2.29 bits per heavy atom. The second-order valence-corrected chi connectivity index (χ2v) is 5.16. The summed E-state index contributed by atoms with van der Waals surface area (Å²) in [6.45, 7) is 3.21. The van der Waals surface area contributed by atoms with Gasteiger partial charge in [-0.05, 0) is 37.9 Å². The molecule has 1 aromatic heterocycles. The highest BCUT2D eigenvalue weighted by molar-refractivity contribution is 9.11. The lowest BCUT2D eigenvalue weighted by Gasteiger charge is -2.27. The summed E-state index contributed by atoms with van der Waals surface area (Å²) in [5.74, 6) is 1.66. The fraction of sp³-hybridized carbons (Fsp3) is 0.444. The van der Waals surface area contributed by atoms with E-state index in [1.165, 1.54) is 0 Å². The van der Waals surface area contributed by atoms with E-state index in [-0.39, 0.29) is 0 Å². The number of nitrogens with one attached hydrogen (secondary N) is 2. The Kier molecular flexibility index (Phi) is 3.41. The van der Waals surface area contributed by atoms with Gasteiger partial charge in [-0.15, -0.1) is 0 Å². The van der Waals surface area contributed by atoms with Gasteiger partial charge in [0, 0.05) is 36.2 Å². The molecule has 0 bridgehead atoms. The van der Waals surface area contributed by atoms with Gasteiger partial charge in [-0.2, -0.15) is 0 Å². The fourth-order valence-corrected chi connectivity index (χ4v) is 2.41. The van der Waals surface area contributed by atoms with Crippen molar-refractivity contribution in [2.45, 2.75) is 0 Å². The highest BCUT2D eigenvalue weighted by Gasteiger charge is 2.16. The summed E-state index contributed by atoms with van der Waals surface area (Å²) in [6, 6.07) is 1.99. The van der Waals surface area contributed by atoms with Gasteiger partial charge in [0.15, 0.2) is 0 Å². The SMILES string of the molecule is Brc1cnc(NCC2CNC2)c(Br)c1. The standard InChI is InChI=1S/C9H11Br2N3/c10-7-1-8(11)9(14-5-7)13-4-6-2-12-3-6/h1,5-6,12H,2-4H2,(H,13,14). The van der Waals surface area contributed by atoms with E-state index >= 15 is 0 Å². The molecule has 2 heterocycles. The third kappa shape index (κ3) is 2.46. The lowest BCUT2D eigenvalue weighted by atomic mass is 10.0. The molecule has 0 unspecified atom stereocenters. The highest BCUT2D eigenvalue weighted by atomic mass is 79.9. The van der Waals surface area contributed by atoms with E-state index < -0.39 is 0 Å². The first-order valence-corrected chi connectivity index (χ1v) is 6.10. The number of nitrogens with zero attached hydrogens (tertiary/aromatic N) is 1. The molecule has 2 rings (SSSR count). The average Bonchev–Trinajstić information content (AvgIpc) is 2.05. The zero-order valence-corrected chi connectivity index (χ0v) is 10.7. The second kappa shape index (κ2) is 4.59. The molecule has 0 atom stereocenters. The van der Waals surface area contributed by atoms with Gasteiger partial charge in [0.25, 0.3) is 0 Å². The molecule has 14 heavy (non-hydrogen) atoms. The van der Waals surface area contributed by atoms with Crippen LogP contribution in [-0.2, 0) is 0 Å². The Labute approximate surface area is 99.9 Å². The Morgan fingerprint density at radius 1 is 1.50 bits per heavy atom. The Morgan fingerprint density at radius 3 is 2.86 bits per heavy atom. The van der Waals surface area contributed by atoms with Crippen molar-refractivity contribution in [2.24, 2.45) is 5.92 Å². The van der Waals surface area contributed by atoms with Gasteiger partial charge in [0.2, 0.25) is 0 Å². The van der Waals surface area contributed by atoms with Crippen molar-refractivity contribution < 1.29 is 0 Å². The van der Waals surface area contributed by atoms with Crippen LogP contribution in [0, 0.1) is 5.92 Å². The van der Waals surface area contributed by atoms with Crippen LogP contribution >= 0.6 is 31.9 Å². The highest BCUT2D eigenvalue weighted by Crippen LogP contribution is 2.23. The zero-order chi connectivity index (χ0) is 9.97. The van der Waals surface area contributed by atoms with Crippen LogP contribution in [0.3, 0.4) is 0 Å². The molecule has 1 aliphatic heterocycles. The number of hydrogen-bond acceptors (Lipinski definition) is 3. The number of hydrogen-bond donors (Lipinski definition) is 2. The first kappa shape index (κ1) is 10.4. The van der Waals surface area contributed by atoms with Crippen molar-refractivity contribution >= 4 is 37.7 Å². The molecule has 1 saturated heterocycles. The number of anilines is 1. The van der Waals surface area contributed by atoms with E-state index in [1.807, 2.05) is 6.07 Å². The molecule has 1 aliphatic rings. The van der Waals surface area contributed by atoms with Gasteiger partial charge >= 0.3 is 0 Å². The molecule has 76 valence electrons. The molecule has 0 aliphatic carbocycles. The molecule has 1 fully saturated rings. The third-order valence-electron chi connectivity index (χ3n) is 2.23. The van der Waals surface area contributed by atoms with E-state index in [2.05, 4.69) is 47.5 Å². The van der Waals surface area contributed by atoms with Crippen LogP contribution in [0.2, 0.25) is 0 Å². The van der Waals surface area contributed by atoms with Crippen LogP contribution in [0.5, 0.6) is 0 Å². The molecule has 5 heteroatoms. The molecule has 0 saturated carbocycles. The summed E-state index contributed by atoms with van der Waals surface area (Å²) in [6.07, 6.45) is 1.80. The third-order valence-corrected chi connectivity index (χ3v) is 3.27. The Hall–Kier alpha value is -0.130. The summed E-state index contributed by atoms with van der Waals surface area (Å²) in [5, 5.41) is 6.56. The molecule has 3 nitrogen and oxygen atoms in total. The van der Waals surface area contributed by atoms with E-state index in [9.17, 15) is 0 Å². The molecule has 1 aromatic rings. The number of pyridine rings is 1. The predicted molar refractivity (Wildman–Crippen MR) is 64.5 cm³/mol. The van der Waals surface area contributed by atoms with E-state index in [0.29, 0.717) is 0 Å². The molecular weight excluding hydrogens is 310 g/mol. The summed E-state index contributed by atoms with van der Waals surface area (Å²) in [4.78, 5) is 4.28. The van der Waals surface area contributed by atoms with Gasteiger partial charge in [-0.1, -0.05) is 0 Å². The van der Waals surface area contributed by atoms with Crippen molar-refractivity contribution in [1.29, 1.82) is 0 Å². The van der Waals surface area contributed by atoms with Crippen molar-refractivity contribution in [3.8, 4) is 0 Å². The van der Waals surface area contributed by atoms with Gasteiger partial charge in [-0.25, -0.2) is 4.98 Å². The molecule has 0 aromatic carbocycles. The maximum absolute atomic E-state index is 4.28. The minimum atomic E-state index is 0.743. The van der Waals surface area contributed by atoms with Crippen molar-refractivity contribution in [2.75, 3.05) is 25.0 Å². The number of halogens is 2. The maximum Gasteiger partial charge on any atom is 0.140 e. The van der Waals surface area contributed by atoms with E-state index in [4.69, 9.17) is 0 Å². The van der Waals surface area contributed by atoms with Gasteiger partial charge < -0.3 is 10.6 Å². The second-order valence-electron chi connectivity index (χ2n) is 3.39. The minimum absolute atomic E-state index is 0.743. The van der Waals surface area contributed by atoms with Gasteiger partial charge in [0.05, 0.1) is 4.47 Å².